The lowest BCUT2D eigenvalue weighted by atomic mass is 9.71. The molecule has 5 aromatic rings. The second-order valence-electron chi connectivity index (χ2n) is 14.5. The summed E-state index contributed by atoms with van der Waals surface area (Å²) in [5.74, 6) is 3.74. The Morgan fingerprint density at radius 2 is 1.59 bits per heavy atom. The number of rotatable bonds is 5. The molecule has 0 amide bonds. The van der Waals surface area contributed by atoms with Crippen LogP contribution in [0.3, 0.4) is 0 Å². The van der Waals surface area contributed by atoms with Crippen LogP contribution in [-0.2, 0) is 12.8 Å². The molecular weight excluding hydrogens is 498 g/mol. The molecule has 0 N–H and O–H groups in total. The Hall–Kier alpha value is -3.39. The molecule has 2 heteroatoms. The molecule has 2 aliphatic rings. The van der Waals surface area contributed by atoms with E-state index in [1.165, 1.54) is 69.3 Å². The van der Waals surface area contributed by atoms with E-state index in [4.69, 9.17) is 9.72 Å². The zero-order valence-corrected chi connectivity index (χ0v) is 25.6. The quantitative estimate of drug-likeness (QED) is 0.202. The maximum Gasteiger partial charge on any atom is 0.140 e. The van der Waals surface area contributed by atoms with Crippen LogP contribution in [0.1, 0.15) is 89.8 Å². The van der Waals surface area contributed by atoms with E-state index in [-0.39, 0.29) is 0 Å². The van der Waals surface area contributed by atoms with Crippen LogP contribution in [-0.4, -0.2) is 4.98 Å². The van der Waals surface area contributed by atoms with Crippen LogP contribution in [0.4, 0.5) is 0 Å². The molecule has 0 unspecified atom stereocenters. The Morgan fingerprint density at radius 3 is 2.34 bits per heavy atom. The zero-order chi connectivity index (χ0) is 28.5. The first-order valence-electron chi connectivity index (χ1n) is 15.8. The first kappa shape index (κ1) is 26.5. The summed E-state index contributed by atoms with van der Waals surface area (Å²) in [5, 5.41) is 7.59. The third-order valence-electron chi connectivity index (χ3n) is 9.65. The van der Waals surface area contributed by atoms with Crippen LogP contribution in [0.5, 0.6) is 11.5 Å². The minimum atomic E-state index is 0.478. The zero-order valence-electron chi connectivity index (χ0n) is 25.6. The fourth-order valence-corrected chi connectivity index (χ4v) is 7.48. The Morgan fingerprint density at radius 1 is 0.805 bits per heavy atom. The van der Waals surface area contributed by atoms with Gasteiger partial charge in [0, 0.05) is 17.3 Å². The van der Waals surface area contributed by atoms with Crippen molar-refractivity contribution in [3.63, 3.8) is 0 Å². The summed E-state index contributed by atoms with van der Waals surface area (Å²) in [6.07, 6.45) is 9.24. The van der Waals surface area contributed by atoms with E-state index >= 15 is 0 Å². The molecule has 1 fully saturated rings. The van der Waals surface area contributed by atoms with Crippen LogP contribution in [0.25, 0.3) is 43.6 Å². The maximum absolute atomic E-state index is 6.92. The SMILES string of the molecule is CC(C)Cc1ccc2c(CC(C)C)c3c(cc2c1)-c1nccc2c1c(cc1ccc(C4CCC(C)(C)CC4)cc12)O3. The van der Waals surface area contributed by atoms with Gasteiger partial charge in [0.1, 0.15) is 11.5 Å². The molecule has 0 spiro atoms. The number of ether oxygens (including phenoxy) is 1. The van der Waals surface area contributed by atoms with Gasteiger partial charge in [0.15, 0.2) is 0 Å². The summed E-state index contributed by atoms with van der Waals surface area (Å²) in [4.78, 5) is 5.03. The van der Waals surface area contributed by atoms with Crippen molar-refractivity contribution in [3.8, 4) is 22.8 Å². The Labute approximate surface area is 245 Å². The summed E-state index contributed by atoms with van der Waals surface area (Å²) >= 11 is 0. The first-order chi connectivity index (χ1) is 19.7. The summed E-state index contributed by atoms with van der Waals surface area (Å²) in [7, 11) is 0. The minimum Gasteiger partial charge on any atom is -0.456 e. The standard InChI is InChI=1S/C39H43NO/c1-23(2)17-25-7-10-30-29(19-25)21-34-37-36-31(13-16-40-37)32-20-27(26-11-14-39(5,6)15-12-26)8-9-28(32)22-35(36)41-38(34)33(30)18-24(3)4/h7-10,13,16,19-24,26H,11-12,14-15,17-18H2,1-6H3. The van der Waals surface area contributed by atoms with Crippen molar-refractivity contribution >= 4 is 32.3 Å². The Kier molecular flexibility index (Phi) is 6.38. The average molecular weight is 542 g/mol. The van der Waals surface area contributed by atoms with Gasteiger partial charge in [0.25, 0.3) is 0 Å². The lowest BCUT2D eigenvalue weighted by Gasteiger charge is -2.34. The molecule has 41 heavy (non-hydrogen) atoms. The van der Waals surface area contributed by atoms with Gasteiger partial charge in [0.2, 0.25) is 0 Å². The highest BCUT2D eigenvalue weighted by Crippen LogP contribution is 2.51. The molecule has 2 nitrogen and oxygen atoms in total. The second kappa shape index (κ2) is 9.86. The highest BCUT2D eigenvalue weighted by molar-refractivity contribution is 6.16. The van der Waals surface area contributed by atoms with Crippen molar-refractivity contribution in [2.75, 3.05) is 0 Å². The average Bonchev–Trinajstić information content (AvgIpc) is 2.93. The van der Waals surface area contributed by atoms with E-state index in [1.807, 2.05) is 6.20 Å². The van der Waals surface area contributed by atoms with Crippen molar-refractivity contribution in [1.82, 2.24) is 4.98 Å². The molecular formula is C39H43NO. The predicted octanol–water partition coefficient (Wildman–Crippen LogP) is 11.4. The van der Waals surface area contributed by atoms with E-state index in [2.05, 4.69) is 96.1 Å². The van der Waals surface area contributed by atoms with Gasteiger partial charge in [-0.2, -0.15) is 0 Å². The molecule has 4 aromatic carbocycles. The Balaban J connectivity index is 1.42. The van der Waals surface area contributed by atoms with Gasteiger partial charge < -0.3 is 4.74 Å². The highest BCUT2D eigenvalue weighted by atomic mass is 16.5. The summed E-state index contributed by atoms with van der Waals surface area (Å²) < 4.78 is 6.92. The molecule has 0 atom stereocenters. The van der Waals surface area contributed by atoms with E-state index < -0.39 is 0 Å². The summed E-state index contributed by atoms with van der Waals surface area (Å²) in [6, 6.07) is 21.0. The molecule has 7 rings (SSSR count). The summed E-state index contributed by atoms with van der Waals surface area (Å²) in [5.41, 5.74) is 6.87. The van der Waals surface area contributed by atoms with E-state index in [0.717, 1.165) is 41.0 Å². The van der Waals surface area contributed by atoms with Crippen molar-refractivity contribution in [2.45, 2.75) is 86.0 Å². The fourth-order valence-electron chi connectivity index (χ4n) is 7.48. The van der Waals surface area contributed by atoms with Gasteiger partial charge in [-0.25, -0.2) is 0 Å². The second-order valence-corrected chi connectivity index (χ2v) is 14.5. The number of hydrogen-bond donors (Lipinski definition) is 0. The summed E-state index contributed by atoms with van der Waals surface area (Å²) in [6.45, 7) is 14.0. The topological polar surface area (TPSA) is 22.1 Å². The van der Waals surface area contributed by atoms with Gasteiger partial charge in [0.05, 0.1) is 11.1 Å². The van der Waals surface area contributed by atoms with Crippen LogP contribution in [0, 0.1) is 17.3 Å². The minimum absolute atomic E-state index is 0.478. The van der Waals surface area contributed by atoms with Crippen LogP contribution in [0.2, 0.25) is 0 Å². The first-order valence-corrected chi connectivity index (χ1v) is 15.8. The molecule has 1 saturated carbocycles. The number of benzene rings is 4. The normalized spacial score (nSPS) is 16.6. The number of fused-ring (bicyclic) bond motifs is 5. The molecule has 210 valence electrons. The van der Waals surface area contributed by atoms with E-state index in [1.54, 1.807) is 0 Å². The molecule has 1 aliphatic heterocycles. The predicted molar refractivity (Wildman–Crippen MR) is 174 cm³/mol. The fraction of sp³-hybridized carbons (Fsp3) is 0.410. The van der Waals surface area contributed by atoms with Gasteiger partial charge in [-0.15, -0.1) is 0 Å². The van der Waals surface area contributed by atoms with Gasteiger partial charge in [-0.1, -0.05) is 77.9 Å². The van der Waals surface area contributed by atoms with Gasteiger partial charge in [-0.3, -0.25) is 4.98 Å². The smallest absolute Gasteiger partial charge is 0.140 e. The lowest BCUT2D eigenvalue weighted by molar-refractivity contribution is 0.224. The van der Waals surface area contributed by atoms with Gasteiger partial charge in [-0.05, 0) is 118 Å². The number of aromatic nitrogens is 1. The third kappa shape index (κ3) is 4.70. The molecule has 1 aromatic heterocycles. The molecule has 1 aliphatic carbocycles. The van der Waals surface area contributed by atoms with Crippen LogP contribution < -0.4 is 4.74 Å². The molecule has 0 radical (unpaired) electrons. The van der Waals surface area contributed by atoms with Crippen molar-refractivity contribution in [3.05, 3.63) is 77.5 Å². The maximum atomic E-state index is 6.92. The van der Waals surface area contributed by atoms with E-state index in [0.29, 0.717) is 23.2 Å². The van der Waals surface area contributed by atoms with Crippen LogP contribution in [0.15, 0.2) is 60.8 Å². The molecule has 2 heterocycles. The number of nitrogens with zero attached hydrogens (tertiary/aromatic N) is 1. The lowest BCUT2D eigenvalue weighted by Crippen LogP contribution is -2.20. The van der Waals surface area contributed by atoms with Crippen molar-refractivity contribution in [1.29, 1.82) is 0 Å². The monoisotopic (exact) mass is 541 g/mol. The van der Waals surface area contributed by atoms with Gasteiger partial charge >= 0.3 is 0 Å². The number of pyridine rings is 1. The third-order valence-corrected chi connectivity index (χ3v) is 9.65. The Bertz CT molecular complexity index is 1800. The highest BCUT2D eigenvalue weighted by Gasteiger charge is 2.29. The molecule has 0 bridgehead atoms. The van der Waals surface area contributed by atoms with Crippen molar-refractivity contribution < 1.29 is 4.74 Å². The van der Waals surface area contributed by atoms with Crippen molar-refractivity contribution in [2.24, 2.45) is 17.3 Å². The number of hydrogen-bond acceptors (Lipinski definition) is 2. The largest absolute Gasteiger partial charge is 0.456 e. The molecule has 0 saturated heterocycles. The van der Waals surface area contributed by atoms with E-state index in [9.17, 15) is 0 Å². The van der Waals surface area contributed by atoms with Crippen LogP contribution >= 0.6 is 0 Å².